The molecule has 0 aliphatic heterocycles. The molecule has 0 atom stereocenters. The van der Waals surface area contributed by atoms with Crippen molar-refractivity contribution in [3.8, 4) is 0 Å². The molecule has 0 aliphatic carbocycles. The Balaban J connectivity index is 3.17. The average Bonchev–Trinajstić information content (AvgIpc) is 2.24. The van der Waals surface area contributed by atoms with Crippen molar-refractivity contribution in [1.82, 2.24) is 0 Å². The van der Waals surface area contributed by atoms with Gasteiger partial charge in [0.15, 0.2) is 0 Å². The van der Waals surface area contributed by atoms with Gasteiger partial charge in [0.25, 0.3) is 0 Å². The molecule has 0 unspecified atom stereocenters. The summed E-state index contributed by atoms with van der Waals surface area (Å²) in [7, 11) is 0. The second kappa shape index (κ2) is 10.1. The predicted molar refractivity (Wildman–Crippen MR) is 55.0 cm³/mol. The Hall–Kier alpha value is -1.40. The van der Waals surface area contributed by atoms with Crippen LogP contribution in [0.15, 0.2) is 12.7 Å². The van der Waals surface area contributed by atoms with E-state index < -0.39 is 5.97 Å². The molecule has 0 heterocycles. The number of esters is 1. The normalized spacial score (nSPS) is 9.75. The van der Waals surface area contributed by atoms with E-state index in [2.05, 4.69) is 6.58 Å². The first-order valence-corrected chi connectivity index (χ1v) is 4.80. The summed E-state index contributed by atoms with van der Waals surface area (Å²) in [5.74, 6) is -1.38. The molecule has 0 saturated carbocycles. The Morgan fingerprint density at radius 2 is 1.88 bits per heavy atom. The summed E-state index contributed by atoms with van der Waals surface area (Å²) in [6.07, 6.45) is 1.64. The second-order valence-electron chi connectivity index (χ2n) is 2.78. The van der Waals surface area contributed by atoms with Gasteiger partial charge in [-0.25, -0.2) is 4.79 Å². The van der Waals surface area contributed by atoms with Crippen molar-refractivity contribution in [3.05, 3.63) is 12.7 Å². The smallest absolute Gasteiger partial charge is 0.329 e. The van der Waals surface area contributed by atoms with Crippen LogP contribution >= 0.6 is 0 Å². The SMILES string of the molecule is C=CCOC(=O)CCOCCOCC(=O)O. The van der Waals surface area contributed by atoms with Crippen molar-refractivity contribution in [2.45, 2.75) is 6.42 Å². The van der Waals surface area contributed by atoms with E-state index in [4.69, 9.17) is 19.3 Å². The van der Waals surface area contributed by atoms with Crippen LogP contribution in [0.3, 0.4) is 0 Å². The maximum atomic E-state index is 10.9. The van der Waals surface area contributed by atoms with E-state index in [1.54, 1.807) is 0 Å². The number of carbonyl (C=O) groups excluding carboxylic acids is 1. The van der Waals surface area contributed by atoms with Gasteiger partial charge in [-0.15, -0.1) is 0 Å². The predicted octanol–water partition coefficient (Wildman–Crippen LogP) is 0.223. The van der Waals surface area contributed by atoms with Crippen molar-refractivity contribution in [2.75, 3.05) is 33.0 Å². The van der Waals surface area contributed by atoms with Crippen LogP contribution in [0.25, 0.3) is 0 Å². The molecule has 0 aliphatic rings. The first kappa shape index (κ1) is 14.6. The van der Waals surface area contributed by atoms with Crippen molar-refractivity contribution in [3.63, 3.8) is 0 Å². The largest absolute Gasteiger partial charge is 0.480 e. The number of aliphatic carboxylic acids is 1. The lowest BCUT2D eigenvalue weighted by Crippen LogP contribution is -2.13. The van der Waals surface area contributed by atoms with Crippen LogP contribution in [0.1, 0.15) is 6.42 Å². The number of rotatable bonds is 10. The lowest BCUT2D eigenvalue weighted by Gasteiger charge is -2.04. The fourth-order valence-corrected chi connectivity index (χ4v) is 0.759. The zero-order valence-corrected chi connectivity index (χ0v) is 9.02. The van der Waals surface area contributed by atoms with Crippen LogP contribution in [0.2, 0.25) is 0 Å². The number of carbonyl (C=O) groups is 2. The van der Waals surface area contributed by atoms with E-state index in [0.717, 1.165) is 0 Å². The maximum Gasteiger partial charge on any atom is 0.329 e. The molecular weight excluding hydrogens is 216 g/mol. The zero-order valence-electron chi connectivity index (χ0n) is 9.02. The molecule has 0 aromatic carbocycles. The third-order valence-electron chi connectivity index (χ3n) is 1.41. The molecule has 1 N–H and O–H groups in total. The van der Waals surface area contributed by atoms with Gasteiger partial charge in [0.2, 0.25) is 0 Å². The lowest BCUT2D eigenvalue weighted by molar-refractivity contribution is -0.143. The minimum absolute atomic E-state index is 0.159. The second-order valence-corrected chi connectivity index (χ2v) is 2.78. The minimum atomic E-state index is -1.02. The molecule has 0 bridgehead atoms. The molecule has 6 nitrogen and oxygen atoms in total. The minimum Gasteiger partial charge on any atom is -0.480 e. The molecule has 0 radical (unpaired) electrons. The quantitative estimate of drug-likeness (QED) is 0.330. The molecule has 0 amide bonds. The number of carboxylic acids is 1. The van der Waals surface area contributed by atoms with E-state index in [9.17, 15) is 9.59 Å². The molecule has 16 heavy (non-hydrogen) atoms. The molecule has 92 valence electrons. The van der Waals surface area contributed by atoms with Crippen LogP contribution in [-0.4, -0.2) is 50.1 Å². The summed E-state index contributed by atoms with van der Waals surface area (Å²) in [5.41, 5.74) is 0. The highest BCUT2D eigenvalue weighted by molar-refractivity contribution is 5.69. The van der Waals surface area contributed by atoms with Gasteiger partial charge in [0, 0.05) is 0 Å². The van der Waals surface area contributed by atoms with E-state index >= 15 is 0 Å². The average molecular weight is 232 g/mol. The first-order valence-electron chi connectivity index (χ1n) is 4.80. The Labute approximate surface area is 93.8 Å². The fourth-order valence-electron chi connectivity index (χ4n) is 0.759. The highest BCUT2D eigenvalue weighted by atomic mass is 16.5. The van der Waals surface area contributed by atoms with Crippen molar-refractivity contribution in [1.29, 1.82) is 0 Å². The molecule has 0 saturated heterocycles. The van der Waals surface area contributed by atoms with E-state index in [1.165, 1.54) is 6.08 Å². The lowest BCUT2D eigenvalue weighted by atomic mass is 10.5. The fraction of sp³-hybridized carbons (Fsp3) is 0.600. The number of ether oxygens (including phenoxy) is 3. The van der Waals surface area contributed by atoms with Gasteiger partial charge in [-0.2, -0.15) is 0 Å². The van der Waals surface area contributed by atoms with Crippen LogP contribution in [0, 0.1) is 0 Å². The van der Waals surface area contributed by atoms with Gasteiger partial charge in [-0.1, -0.05) is 12.7 Å². The molecule has 0 spiro atoms. The molecule has 0 fully saturated rings. The number of hydrogen-bond acceptors (Lipinski definition) is 5. The number of carboxylic acid groups (broad SMARTS) is 1. The summed E-state index contributed by atoms with van der Waals surface area (Å²) in [4.78, 5) is 21.0. The third kappa shape index (κ3) is 10.7. The monoisotopic (exact) mass is 232 g/mol. The van der Waals surface area contributed by atoms with Gasteiger partial charge in [-0.3, -0.25) is 4.79 Å². The third-order valence-corrected chi connectivity index (χ3v) is 1.41. The Morgan fingerprint density at radius 1 is 1.19 bits per heavy atom. The van der Waals surface area contributed by atoms with Crippen molar-refractivity contribution in [2.24, 2.45) is 0 Å². The molecule has 0 rings (SSSR count). The number of hydrogen-bond donors (Lipinski definition) is 1. The van der Waals surface area contributed by atoms with Crippen LogP contribution in [-0.2, 0) is 23.8 Å². The van der Waals surface area contributed by atoms with Gasteiger partial charge in [-0.05, 0) is 0 Å². The maximum absolute atomic E-state index is 10.9. The van der Waals surface area contributed by atoms with Gasteiger partial charge in [0.1, 0.15) is 13.2 Å². The van der Waals surface area contributed by atoms with Crippen LogP contribution < -0.4 is 0 Å². The standard InChI is InChI=1S/C10H16O6/c1-2-4-16-10(13)3-5-14-6-7-15-8-9(11)12/h2H,1,3-8H2,(H,11,12). The highest BCUT2D eigenvalue weighted by Gasteiger charge is 2.01. The molecular formula is C10H16O6. The van der Waals surface area contributed by atoms with E-state index in [0.29, 0.717) is 0 Å². The molecule has 6 heteroatoms. The van der Waals surface area contributed by atoms with Crippen LogP contribution in [0.4, 0.5) is 0 Å². The van der Waals surface area contributed by atoms with Gasteiger partial charge < -0.3 is 19.3 Å². The van der Waals surface area contributed by atoms with Crippen LogP contribution in [0.5, 0.6) is 0 Å². The van der Waals surface area contributed by atoms with E-state index in [-0.39, 0.29) is 45.4 Å². The van der Waals surface area contributed by atoms with Crippen molar-refractivity contribution < 1.29 is 28.9 Å². The Morgan fingerprint density at radius 3 is 2.50 bits per heavy atom. The molecule has 0 aromatic heterocycles. The Bertz CT molecular complexity index is 225. The summed E-state index contributed by atoms with van der Waals surface area (Å²) in [6.45, 7) is 3.93. The van der Waals surface area contributed by atoms with Crippen molar-refractivity contribution >= 4 is 11.9 Å². The zero-order chi connectivity index (χ0) is 12.2. The summed E-state index contributed by atoms with van der Waals surface area (Å²) in [5, 5.41) is 8.24. The van der Waals surface area contributed by atoms with Gasteiger partial charge >= 0.3 is 11.9 Å². The first-order chi connectivity index (χ1) is 7.66. The Kier molecular flexibility index (Phi) is 9.24. The molecule has 0 aromatic rings. The topological polar surface area (TPSA) is 82.1 Å². The summed E-state index contributed by atoms with van der Waals surface area (Å²) >= 11 is 0. The highest BCUT2D eigenvalue weighted by Crippen LogP contribution is 1.89. The van der Waals surface area contributed by atoms with E-state index in [1.807, 2.05) is 0 Å². The van der Waals surface area contributed by atoms with Gasteiger partial charge in [0.05, 0.1) is 26.2 Å². The summed E-state index contributed by atoms with van der Waals surface area (Å²) < 4.78 is 14.4. The summed E-state index contributed by atoms with van der Waals surface area (Å²) in [6, 6.07) is 0.